The summed E-state index contributed by atoms with van der Waals surface area (Å²) in [7, 11) is 0. The van der Waals surface area contributed by atoms with Gasteiger partial charge in [0, 0.05) is 31.8 Å². The van der Waals surface area contributed by atoms with Crippen molar-refractivity contribution >= 4 is 46.1 Å². The van der Waals surface area contributed by atoms with Crippen LogP contribution in [0.15, 0.2) is 9.70 Å². The van der Waals surface area contributed by atoms with Crippen LogP contribution in [0.1, 0.15) is 56.7 Å². The van der Waals surface area contributed by atoms with Gasteiger partial charge in [-0.1, -0.05) is 30.9 Å². The maximum Gasteiger partial charge on any atom is 0.270 e. The predicted molar refractivity (Wildman–Crippen MR) is 142 cm³/mol. The van der Waals surface area contributed by atoms with Gasteiger partial charge in [0.25, 0.3) is 11.5 Å². The van der Waals surface area contributed by atoms with E-state index in [1.54, 1.807) is 16.4 Å². The Morgan fingerprint density at radius 1 is 1.26 bits per heavy atom. The van der Waals surface area contributed by atoms with Crippen molar-refractivity contribution in [2.45, 2.75) is 71.8 Å². The number of carbonyl (C=O) groups excluding carboxylic acids is 1. The second-order valence-corrected chi connectivity index (χ2v) is 11.1. The van der Waals surface area contributed by atoms with Crippen LogP contribution >= 0.6 is 24.0 Å². The second-order valence-electron chi connectivity index (χ2n) is 9.40. The van der Waals surface area contributed by atoms with E-state index in [1.165, 1.54) is 11.8 Å². The van der Waals surface area contributed by atoms with Crippen LogP contribution in [0.3, 0.4) is 0 Å². The Hall–Kier alpha value is -2.19. The first-order valence-corrected chi connectivity index (χ1v) is 13.4. The molecule has 4 heterocycles. The van der Waals surface area contributed by atoms with Crippen molar-refractivity contribution in [2.75, 3.05) is 31.1 Å². The molecule has 10 heteroatoms. The Balaban J connectivity index is 1.83. The molecule has 0 N–H and O–H groups in total. The highest BCUT2D eigenvalue weighted by atomic mass is 32.2. The first-order valence-electron chi connectivity index (χ1n) is 12.2. The number of aromatic nitrogens is 1. The van der Waals surface area contributed by atoms with Crippen molar-refractivity contribution in [3.63, 3.8) is 0 Å². The van der Waals surface area contributed by atoms with Crippen LogP contribution in [-0.2, 0) is 20.8 Å². The van der Waals surface area contributed by atoms with E-state index in [1.807, 2.05) is 26.8 Å². The van der Waals surface area contributed by atoms with Crippen LogP contribution in [0, 0.1) is 18.3 Å². The summed E-state index contributed by atoms with van der Waals surface area (Å²) < 4.78 is 13.8. The quantitative estimate of drug-likeness (QED) is 0.420. The van der Waals surface area contributed by atoms with Gasteiger partial charge >= 0.3 is 0 Å². The van der Waals surface area contributed by atoms with Crippen molar-refractivity contribution in [1.29, 1.82) is 5.26 Å². The normalized spacial score (nSPS) is 26.1. The third kappa shape index (κ3) is 5.19. The number of thiocarbonyl (C=S) groups is 1. The standard InChI is InChI=1S/C25H32N4O4S2/c1-5-8-28-22(27-12-15(2)33-16(3)13-27)19(17(4)20(11-26)23(28)30)10-21-24(31)29(25(34)35-21)14-18-7-6-9-32-18/h10,15-16,18H,5-9,12-14H2,1-4H3. The number of pyridine rings is 1. The van der Waals surface area contributed by atoms with E-state index in [0.29, 0.717) is 53.1 Å². The van der Waals surface area contributed by atoms with Gasteiger partial charge in [-0.15, -0.1) is 0 Å². The summed E-state index contributed by atoms with van der Waals surface area (Å²) in [5.74, 6) is 0.580. The summed E-state index contributed by atoms with van der Waals surface area (Å²) in [6.07, 6.45) is 4.43. The Bertz CT molecular complexity index is 1140. The smallest absolute Gasteiger partial charge is 0.270 e. The average molecular weight is 517 g/mol. The number of thioether (sulfide) groups is 1. The molecular formula is C25H32N4O4S2. The number of hydrogen-bond acceptors (Lipinski definition) is 8. The first-order chi connectivity index (χ1) is 16.7. The van der Waals surface area contributed by atoms with Gasteiger partial charge in [-0.3, -0.25) is 19.1 Å². The zero-order valence-electron chi connectivity index (χ0n) is 20.7. The Morgan fingerprint density at radius 3 is 2.57 bits per heavy atom. The van der Waals surface area contributed by atoms with Gasteiger partial charge in [-0.25, -0.2) is 0 Å². The molecular weight excluding hydrogens is 484 g/mol. The van der Waals surface area contributed by atoms with Crippen molar-refractivity contribution in [1.82, 2.24) is 9.47 Å². The molecule has 8 nitrogen and oxygen atoms in total. The SMILES string of the molecule is CCCn1c(N2CC(C)OC(C)C2)c(C=C2SC(=S)N(CC3CCCO3)C2=O)c(C)c(C#N)c1=O. The largest absolute Gasteiger partial charge is 0.376 e. The van der Waals surface area contributed by atoms with Gasteiger partial charge in [0.2, 0.25) is 0 Å². The third-order valence-electron chi connectivity index (χ3n) is 6.57. The molecule has 0 saturated carbocycles. The molecule has 3 aliphatic rings. The minimum Gasteiger partial charge on any atom is -0.376 e. The minimum atomic E-state index is -0.295. The molecule has 3 fully saturated rings. The zero-order chi connectivity index (χ0) is 25.3. The average Bonchev–Trinajstić information content (AvgIpc) is 3.41. The number of anilines is 1. The molecule has 3 unspecified atom stereocenters. The van der Waals surface area contributed by atoms with E-state index < -0.39 is 0 Å². The van der Waals surface area contributed by atoms with Crippen molar-refractivity contribution in [3.05, 3.63) is 31.9 Å². The summed E-state index contributed by atoms with van der Waals surface area (Å²) >= 11 is 6.80. The molecule has 3 saturated heterocycles. The van der Waals surface area contributed by atoms with Gasteiger partial charge in [-0.05, 0) is 51.7 Å². The lowest BCUT2D eigenvalue weighted by Crippen LogP contribution is -2.48. The number of ether oxygens (including phenoxy) is 2. The first kappa shape index (κ1) is 25.9. The van der Waals surface area contributed by atoms with Gasteiger partial charge < -0.3 is 14.4 Å². The zero-order valence-corrected chi connectivity index (χ0v) is 22.3. The molecule has 1 aromatic heterocycles. The Labute approximate surface area is 215 Å². The number of carbonyl (C=O) groups is 1. The van der Waals surface area contributed by atoms with Crippen LogP contribution in [0.25, 0.3) is 6.08 Å². The van der Waals surface area contributed by atoms with Crippen LogP contribution in [0.4, 0.5) is 5.82 Å². The fourth-order valence-corrected chi connectivity index (χ4v) is 6.30. The van der Waals surface area contributed by atoms with Crippen LogP contribution in [0.5, 0.6) is 0 Å². The molecule has 0 aromatic carbocycles. The monoisotopic (exact) mass is 516 g/mol. The maximum atomic E-state index is 13.4. The summed E-state index contributed by atoms with van der Waals surface area (Å²) in [6.45, 7) is 10.7. The number of nitrogens with zero attached hydrogens (tertiary/aromatic N) is 4. The number of rotatable bonds is 6. The van der Waals surface area contributed by atoms with Crippen LogP contribution in [-0.4, -0.2) is 64.2 Å². The van der Waals surface area contributed by atoms with Gasteiger partial charge in [0.15, 0.2) is 0 Å². The lowest BCUT2D eigenvalue weighted by atomic mass is 10.0. The third-order valence-corrected chi connectivity index (χ3v) is 7.95. The van der Waals surface area contributed by atoms with E-state index in [4.69, 9.17) is 21.7 Å². The number of hydrogen-bond donors (Lipinski definition) is 0. The van der Waals surface area contributed by atoms with E-state index in [2.05, 4.69) is 11.0 Å². The van der Waals surface area contributed by atoms with Crippen LogP contribution in [0.2, 0.25) is 0 Å². The highest BCUT2D eigenvalue weighted by Gasteiger charge is 2.36. The molecule has 35 heavy (non-hydrogen) atoms. The molecule has 188 valence electrons. The predicted octanol–water partition coefficient (Wildman–Crippen LogP) is 3.43. The fourth-order valence-electron chi connectivity index (χ4n) is 5.05. The van der Waals surface area contributed by atoms with Gasteiger partial charge in [0.05, 0.1) is 29.8 Å². The van der Waals surface area contributed by atoms with E-state index in [9.17, 15) is 14.9 Å². The molecule has 0 aliphatic carbocycles. The van der Waals surface area contributed by atoms with E-state index in [-0.39, 0.29) is 35.3 Å². The van der Waals surface area contributed by atoms with E-state index in [0.717, 1.165) is 25.1 Å². The fraction of sp³-hybridized carbons (Fsp3) is 0.600. The lowest BCUT2D eigenvalue weighted by Gasteiger charge is -2.39. The topological polar surface area (TPSA) is 87.8 Å². The molecule has 0 radical (unpaired) electrons. The summed E-state index contributed by atoms with van der Waals surface area (Å²) in [5.41, 5.74) is 1.11. The second kappa shape index (κ2) is 10.8. The molecule has 1 aromatic rings. The molecule has 3 atom stereocenters. The molecule has 0 spiro atoms. The number of amides is 1. The highest BCUT2D eigenvalue weighted by Crippen LogP contribution is 2.37. The van der Waals surface area contributed by atoms with Crippen molar-refractivity contribution < 1.29 is 14.3 Å². The maximum absolute atomic E-state index is 13.4. The van der Waals surface area contributed by atoms with Gasteiger partial charge in [-0.2, -0.15) is 5.26 Å². The molecule has 1 amide bonds. The summed E-state index contributed by atoms with van der Waals surface area (Å²) in [4.78, 5) is 31.0. The van der Waals surface area contributed by atoms with Gasteiger partial charge in [0.1, 0.15) is 21.8 Å². The molecule has 4 rings (SSSR count). The Morgan fingerprint density at radius 2 is 1.97 bits per heavy atom. The highest BCUT2D eigenvalue weighted by molar-refractivity contribution is 8.26. The summed E-state index contributed by atoms with van der Waals surface area (Å²) in [6, 6.07) is 2.10. The summed E-state index contributed by atoms with van der Waals surface area (Å²) in [5, 5.41) is 9.83. The number of morpholine rings is 1. The Kier molecular flexibility index (Phi) is 8.01. The van der Waals surface area contributed by atoms with Crippen molar-refractivity contribution in [3.8, 4) is 6.07 Å². The molecule has 3 aliphatic heterocycles. The number of nitriles is 1. The lowest BCUT2D eigenvalue weighted by molar-refractivity contribution is -0.123. The van der Waals surface area contributed by atoms with E-state index >= 15 is 0 Å². The molecule has 0 bridgehead atoms. The van der Waals surface area contributed by atoms with Crippen LogP contribution < -0.4 is 10.5 Å². The minimum absolute atomic E-state index is 0.00197. The van der Waals surface area contributed by atoms with Crippen molar-refractivity contribution in [2.24, 2.45) is 0 Å².